The van der Waals surface area contributed by atoms with Crippen molar-refractivity contribution in [3.8, 4) is 0 Å². The summed E-state index contributed by atoms with van der Waals surface area (Å²) in [5.74, 6) is 1.01. The number of benzene rings is 1. The van der Waals surface area contributed by atoms with E-state index in [0.29, 0.717) is 11.6 Å². The number of rotatable bonds is 3. The molecule has 19 heavy (non-hydrogen) atoms. The number of aromatic nitrogens is 3. The van der Waals surface area contributed by atoms with Crippen LogP contribution in [0.1, 0.15) is 11.4 Å². The van der Waals surface area contributed by atoms with Gasteiger partial charge in [0.15, 0.2) is 0 Å². The van der Waals surface area contributed by atoms with Gasteiger partial charge >= 0.3 is 6.03 Å². The minimum atomic E-state index is -0.356. The Morgan fingerprint density at radius 1 is 1.47 bits per heavy atom. The van der Waals surface area contributed by atoms with E-state index in [9.17, 15) is 4.79 Å². The van der Waals surface area contributed by atoms with Crippen molar-refractivity contribution >= 4 is 23.6 Å². The first-order chi connectivity index (χ1) is 9.04. The lowest BCUT2D eigenvalue weighted by atomic mass is 10.2. The highest BCUT2D eigenvalue weighted by Gasteiger charge is 2.07. The Morgan fingerprint density at radius 3 is 2.89 bits per heavy atom. The highest BCUT2D eigenvalue weighted by atomic mass is 35.5. The second-order valence-electron chi connectivity index (χ2n) is 4.04. The number of amides is 2. The molecule has 0 fully saturated rings. The Bertz CT molecular complexity index is 576. The molecular formula is C12H14ClN5O. The molecule has 2 rings (SSSR count). The summed E-state index contributed by atoms with van der Waals surface area (Å²) in [4.78, 5) is 15.7. The van der Waals surface area contributed by atoms with E-state index in [1.54, 1.807) is 23.9 Å². The fourth-order valence-corrected chi connectivity index (χ4v) is 1.70. The Hall–Kier alpha value is -2.08. The molecule has 0 aliphatic heterocycles. The third-order valence-corrected chi connectivity index (χ3v) is 2.78. The molecule has 0 aliphatic carbocycles. The minimum absolute atomic E-state index is 0.281. The monoisotopic (exact) mass is 279 g/mol. The summed E-state index contributed by atoms with van der Waals surface area (Å²) in [7, 11) is 1.76. The maximum atomic E-state index is 11.6. The molecule has 0 saturated heterocycles. The summed E-state index contributed by atoms with van der Waals surface area (Å²) < 4.78 is 1.59. The highest BCUT2D eigenvalue weighted by Crippen LogP contribution is 2.10. The molecule has 2 N–H and O–H groups in total. The van der Waals surface area contributed by atoms with Gasteiger partial charge in [-0.05, 0) is 24.6 Å². The normalized spacial score (nSPS) is 10.3. The van der Waals surface area contributed by atoms with Gasteiger partial charge in [-0.15, -0.1) is 5.10 Å². The van der Waals surface area contributed by atoms with Crippen LogP contribution < -0.4 is 10.6 Å². The number of urea groups is 1. The number of carbonyl (C=O) groups is 1. The van der Waals surface area contributed by atoms with Crippen LogP contribution in [-0.4, -0.2) is 20.8 Å². The summed E-state index contributed by atoms with van der Waals surface area (Å²) in [5, 5.41) is 9.94. The van der Waals surface area contributed by atoms with Crippen molar-refractivity contribution in [2.75, 3.05) is 5.32 Å². The Labute approximate surface area is 115 Å². The zero-order valence-corrected chi connectivity index (χ0v) is 11.4. The Morgan fingerprint density at radius 2 is 2.26 bits per heavy atom. The molecule has 0 bridgehead atoms. The van der Waals surface area contributed by atoms with E-state index in [4.69, 9.17) is 11.6 Å². The number of hydrogen-bond acceptors (Lipinski definition) is 3. The van der Waals surface area contributed by atoms with Crippen LogP contribution in [0.5, 0.6) is 0 Å². The number of hydrogen-bond donors (Lipinski definition) is 2. The second-order valence-corrected chi connectivity index (χ2v) is 4.48. The molecular weight excluding hydrogens is 266 g/mol. The highest BCUT2D eigenvalue weighted by molar-refractivity contribution is 6.30. The first-order valence-corrected chi connectivity index (χ1v) is 6.09. The van der Waals surface area contributed by atoms with E-state index in [1.807, 2.05) is 19.1 Å². The van der Waals surface area contributed by atoms with Crippen molar-refractivity contribution in [2.45, 2.75) is 13.5 Å². The number of nitrogens with zero attached hydrogens (tertiary/aromatic N) is 3. The van der Waals surface area contributed by atoms with Crippen LogP contribution in [0, 0.1) is 6.92 Å². The maximum Gasteiger partial charge on any atom is 0.321 e. The smallest absolute Gasteiger partial charge is 0.321 e. The van der Waals surface area contributed by atoms with Gasteiger partial charge in [0.25, 0.3) is 0 Å². The lowest BCUT2D eigenvalue weighted by molar-refractivity contribution is 0.251. The molecule has 100 valence electrons. The lowest BCUT2D eigenvalue weighted by Gasteiger charge is -2.05. The third kappa shape index (κ3) is 3.69. The largest absolute Gasteiger partial charge is 0.334 e. The average molecular weight is 280 g/mol. The Kier molecular flexibility index (Phi) is 4.01. The van der Waals surface area contributed by atoms with Crippen molar-refractivity contribution < 1.29 is 4.79 Å². The standard InChI is InChI=1S/C12H14ClN5O/c1-8-15-11(17-18(8)2)16-12(19)14-7-9-4-3-5-10(13)6-9/h3-6H,7H2,1-2H3,(H2,14,16,17,19). The van der Waals surface area contributed by atoms with Crippen molar-refractivity contribution in [3.63, 3.8) is 0 Å². The van der Waals surface area contributed by atoms with Gasteiger partial charge in [0.05, 0.1) is 0 Å². The average Bonchev–Trinajstić information content (AvgIpc) is 2.66. The van der Waals surface area contributed by atoms with Gasteiger partial charge in [-0.2, -0.15) is 4.98 Å². The van der Waals surface area contributed by atoms with Crippen molar-refractivity contribution in [2.24, 2.45) is 7.05 Å². The SMILES string of the molecule is Cc1nc(NC(=O)NCc2cccc(Cl)c2)nn1C. The van der Waals surface area contributed by atoms with Gasteiger partial charge in [0, 0.05) is 18.6 Å². The van der Waals surface area contributed by atoms with Crippen molar-refractivity contribution in [3.05, 3.63) is 40.7 Å². The van der Waals surface area contributed by atoms with E-state index in [-0.39, 0.29) is 12.0 Å². The molecule has 0 saturated carbocycles. The predicted octanol–water partition coefficient (Wildman–Crippen LogP) is 2.10. The molecule has 0 unspecified atom stereocenters. The fraction of sp³-hybridized carbons (Fsp3) is 0.250. The summed E-state index contributed by atoms with van der Waals surface area (Å²) in [6.45, 7) is 2.19. The van der Waals surface area contributed by atoms with E-state index in [0.717, 1.165) is 11.4 Å². The molecule has 0 spiro atoms. The molecule has 0 radical (unpaired) electrons. The lowest BCUT2D eigenvalue weighted by Crippen LogP contribution is -2.28. The van der Waals surface area contributed by atoms with E-state index >= 15 is 0 Å². The summed E-state index contributed by atoms with van der Waals surface area (Å²) in [5.41, 5.74) is 0.924. The van der Waals surface area contributed by atoms with Crippen molar-refractivity contribution in [1.82, 2.24) is 20.1 Å². The molecule has 6 nitrogen and oxygen atoms in total. The zero-order valence-electron chi connectivity index (χ0n) is 10.6. The van der Waals surface area contributed by atoms with Crippen molar-refractivity contribution in [1.29, 1.82) is 0 Å². The number of nitrogens with one attached hydrogen (secondary N) is 2. The van der Waals surface area contributed by atoms with Crippen LogP contribution in [0.4, 0.5) is 10.7 Å². The van der Waals surface area contributed by atoms with Gasteiger partial charge in [-0.1, -0.05) is 23.7 Å². The topological polar surface area (TPSA) is 71.8 Å². The Balaban J connectivity index is 1.88. The van der Waals surface area contributed by atoms with Gasteiger partial charge in [0.1, 0.15) is 5.82 Å². The molecule has 0 aliphatic rings. The minimum Gasteiger partial charge on any atom is -0.334 e. The quantitative estimate of drug-likeness (QED) is 0.904. The number of anilines is 1. The van der Waals surface area contributed by atoms with Crippen LogP contribution in [0.25, 0.3) is 0 Å². The molecule has 1 aromatic carbocycles. The van der Waals surface area contributed by atoms with Crippen LogP contribution in [0.15, 0.2) is 24.3 Å². The van der Waals surface area contributed by atoms with Crippen LogP contribution in [0.3, 0.4) is 0 Å². The zero-order chi connectivity index (χ0) is 13.8. The molecule has 2 aromatic rings. The summed E-state index contributed by atoms with van der Waals surface area (Å²) in [6.07, 6.45) is 0. The molecule has 1 aromatic heterocycles. The van der Waals surface area contributed by atoms with Gasteiger partial charge in [-0.25, -0.2) is 4.79 Å². The maximum absolute atomic E-state index is 11.6. The molecule has 7 heteroatoms. The van der Waals surface area contributed by atoms with E-state index in [1.165, 1.54) is 0 Å². The second kappa shape index (κ2) is 5.71. The fourth-order valence-electron chi connectivity index (χ4n) is 1.49. The van der Waals surface area contributed by atoms with Gasteiger partial charge in [-0.3, -0.25) is 10.00 Å². The first kappa shape index (κ1) is 13.4. The third-order valence-electron chi connectivity index (χ3n) is 2.55. The summed E-state index contributed by atoms with van der Waals surface area (Å²) in [6, 6.07) is 6.94. The number of carbonyl (C=O) groups excluding carboxylic acids is 1. The number of aryl methyl sites for hydroxylation is 2. The summed E-state index contributed by atoms with van der Waals surface area (Å²) >= 11 is 5.86. The molecule has 0 atom stereocenters. The van der Waals surface area contributed by atoms with Crippen LogP contribution in [-0.2, 0) is 13.6 Å². The van der Waals surface area contributed by atoms with Crippen LogP contribution in [0.2, 0.25) is 5.02 Å². The number of halogens is 1. The van der Waals surface area contributed by atoms with Gasteiger partial charge in [0.2, 0.25) is 5.95 Å². The van der Waals surface area contributed by atoms with Crippen LogP contribution >= 0.6 is 11.6 Å². The van der Waals surface area contributed by atoms with Gasteiger partial charge < -0.3 is 5.32 Å². The molecule has 1 heterocycles. The first-order valence-electron chi connectivity index (χ1n) is 5.71. The van der Waals surface area contributed by atoms with E-state index in [2.05, 4.69) is 20.7 Å². The molecule has 2 amide bonds. The predicted molar refractivity (Wildman–Crippen MR) is 73.1 cm³/mol. The van der Waals surface area contributed by atoms with E-state index < -0.39 is 0 Å².